The zero-order chi connectivity index (χ0) is 6.85. The first kappa shape index (κ1) is 7.05. The first-order valence-electron chi connectivity index (χ1n) is 2.82. The van der Waals surface area contributed by atoms with Crippen LogP contribution < -0.4 is 5.32 Å². The van der Waals surface area contributed by atoms with Crippen LogP contribution in [0.1, 0.15) is 13.3 Å². The predicted octanol–water partition coefficient (Wildman–Crippen LogP) is 1.21. The fourth-order valence-corrected chi connectivity index (χ4v) is 1.20. The number of nitrogens with one attached hydrogen (secondary N) is 1. The van der Waals surface area contributed by atoms with Gasteiger partial charge in [-0.1, -0.05) is 6.08 Å². The van der Waals surface area contributed by atoms with Crippen LogP contribution in [0.5, 0.6) is 0 Å². The Kier molecular flexibility index (Phi) is 2.10. The van der Waals surface area contributed by atoms with E-state index in [2.05, 4.69) is 34.0 Å². The van der Waals surface area contributed by atoms with Crippen molar-refractivity contribution in [2.45, 2.75) is 19.4 Å². The first-order valence-corrected chi connectivity index (χ1v) is 3.89. The molecule has 0 radical (unpaired) electrons. The SMILES string of the molecule is C/C(I)=C\[C@@H]1CC(=O)N1. The molecular weight excluding hydrogens is 229 g/mol. The van der Waals surface area contributed by atoms with Crippen molar-refractivity contribution >= 4 is 28.5 Å². The maximum absolute atomic E-state index is 10.3. The molecule has 1 amide bonds. The quantitative estimate of drug-likeness (QED) is 0.539. The van der Waals surface area contributed by atoms with Crippen molar-refractivity contribution < 1.29 is 4.79 Å². The van der Waals surface area contributed by atoms with Gasteiger partial charge in [0, 0.05) is 0 Å². The van der Waals surface area contributed by atoms with Crippen LogP contribution in [0.4, 0.5) is 0 Å². The topological polar surface area (TPSA) is 29.1 Å². The maximum Gasteiger partial charge on any atom is 0.222 e. The summed E-state index contributed by atoms with van der Waals surface area (Å²) in [5.74, 6) is 0.161. The zero-order valence-electron chi connectivity index (χ0n) is 5.15. The number of β-lactam (4-membered cyclic amide) rings is 1. The minimum Gasteiger partial charge on any atom is -0.349 e. The molecule has 9 heavy (non-hydrogen) atoms. The van der Waals surface area contributed by atoms with E-state index in [1.54, 1.807) is 0 Å². The number of halogens is 1. The van der Waals surface area contributed by atoms with Gasteiger partial charge in [-0.05, 0) is 33.1 Å². The molecule has 0 aromatic heterocycles. The van der Waals surface area contributed by atoms with E-state index in [0.29, 0.717) is 12.5 Å². The van der Waals surface area contributed by atoms with Crippen molar-refractivity contribution in [3.63, 3.8) is 0 Å². The van der Waals surface area contributed by atoms with Crippen LogP contribution in [0, 0.1) is 0 Å². The average molecular weight is 237 g/mol. The largest absolute Gasteiger partial charge is 0.349 e. The number of amides is 1. The highest BCUT2D eigenvalue weighted by atomic mass is 127. The minimum atomic E-state index is 0.161. The zero-order valence-corrected chi connectivity index (χ0v) is 7.31. The molecule has 1 fully saturated rings. The van der Waals surface area contributed by atoms with Crippen LogP contribution >= 0.6 is 22.6 Å². The fraction of sp³-hybridized carbons (Fsp3) is 0.500. The number of carbonyl (C=O) groups excluding carboxylic acids is 1. The monoisotopic (exact) mass is 237 g/mol. The van der Waals surface area contributed by atoms with Crippen molar-refractivity contribution in [3.05, 3.63) is 9.66 Å². The number of hydrogen-bond donors (Lipinski definition) is 1. The molecule has 1 rings (SSSR count). The Morgan fingerprint density at radius 1 is 2.00 bits per heavy atom. The van der Waals surface area contributed by atoms with Gasteiger partial charge in [0.1, 0.15) is 0 Å². The van der Waals surface area contributed by atoms with Crippen LogP contribution in [0.25, 0.3) is 0 Å². The lowest BCUT2D eigenvalue weighted by atomic mass is 10.1. The van der Waals surface area contributed by atoms with E-state index < -0.39 is 0 Å². The lowest BCUT2D eigenvalue weighted by Gasteiger charge is -2.23. The molecule has 2 nitrogen and oxygen atoms in total. The third kappa shape index (κ3) is 1.97. The van der Waals surface area contributed by atoms with Gasteiger partial charge in [0.25, 0.3) is 0 Å². The molecule has 0 saturated carbocycles. The van der Waals surface area contributed by atoms with Gasteiger partial charge in [-0.15, -0.1) is 0 Å². The second kappa shape index (κ2) is 2.68. The highest BCUT2D eigenvalue weighted by molar-refractivity contribution is 14.1. The summed E-state index contributed by atoms with van der Waals surface area (Å²) in [6, 6.07) is 0.314. The molecule has 0 bridgehead atoms. The highest BCUT2D eigenvalue weighted by Gasteiger charge is 2.22. The molecule has 50 valence electrons. The molecule has 1 atom stereocenters. The molecule has 0 unspecified atom stereocenters. The lowest BCUT2D eigenvalue weighted by Crippen LogP contribution is -2.47. The number of hydrogen-bond acceptors (Lipinski definition) is 1. The molecule has 0 aromatic carbocycles. The normalized spacial score (nSPS) is 27.1. The summed E-state index contributed by atoms with van der Waals surface area (Å²) < 4.78 is 1.23. The van der Waals surface area contributed by atoms with Crippen molar-refractivity contribution in [3.8, 4) is 0 Å². The highest BCUT2D eigenvalue weighted by Crippen LogP contribution is 2.11. The van der Waals surface area contributed by atoms with E-state index in [1.165, 1.54) is 3.58 Å². The van der Waals surface area contributed by atoms with Gasteiger partial charge in [-0.2, -0.15) is 0 Å². The summed E-state index contributed by atoms with van der Waals surface area (Å²) in [7, 11) is 0. The molecule has 1 aliphatic heterocycles. The number of carbonyl (C=O) groups is 1. The average Bonchev–Trinajstić information content (AvgIpc) is 1.60. The minimum absolute atomic E-state index is 0.161. The van der Waals surface area contributed by atoms with Gasteiger partial charge in [0.15, 0.2) is 0 Å². The van der Waals surface area contributed by atoms with Gasteiger partial charge in [-0.3, -0.25) is 4.79 Å². The maximum atomic E-state index is 10.3. The first-order chi connectivity index (χ1) is 4.18. The molecule has 3 heteroatoms. The van der Waals surface area contributed by atoms with Gasteiger partial charge in [0.2, 0.25) is 5.91 Å². The predicted molar refractivity (Wildman–Crippen MR) is 44.3 cm³/mol. The van der Waals surface area contributed by atoms with Crippen LogP contribution in [0.15, 0.2) is 9.66 Å². The van der Waals surface area contributed by atoms with E-state index in [4.69, 9.17) is 0 Å². The summed E-state index contributed by atoms with van der Waals surface area (Å²) in [5.41, 5.74) is 0. The van der Waals surface area contributed by atoms with Crippen LogP contribution in [0.2, 0.25) is 0 Å². The molecule has 1 saturated heterocycles. The lowest BCUT2D eigenvalue weighted by molar-refractivity contribution is -0.127. The van der Waals surface area contributed by atoms with E-state index in [0.717, 1.165) is 0 Å². The van der Waals surface area contributed by atoms with Crippen LogP contribution in [-0.4, -0.2) is 11.9 Å². The van der Waals surface area contributed by atoms with Crippen molar-refractivity contribution in [1.29, 1.82) is 0 Å². The van der Waals surface area contributed by atoms with Crippen LogP contribution in [-0.2, 0) is 4.79 Å². The molecule has 1 heterocycles. The third-order valence-electron chi connectivity index (χ3n) is 1.18. The third-order valence-corrected chi connectivity index (χ3v) is 1.54. The molecule has 0 aromatic rings. The van der Waals surface area contributed by atoms with Gasteiger partial charge < -0.3 is 5.32 Å². The summed E-state index contributed by atoms with van der Waals surface area (Å²) >= 11 is 2.23. The Hall–Kier alpha value is -0.0600. The Morgan fingerprint density at radius 3 is 2.89 bits per heavy atom. The smallest absolute Gasteiger partial charge is 0.222 e. The van der Waals surface area contributed by atoms with E-state index in [-0.39, 0.29) is 5.91 Å². The van der Waals surface area contributed by atoms with Gasteiger partial charge in [0.05, 0.1) is 12.5 Å². The molecule has 1 N–H and O–H groups in total. The standard InChI is InChI=1S/C6H8INO/c1-4(7)2-5-3-6(9)8-5/h2,5H,3H2,1H3,(H,8,9)/b4-2+/t5-/m1/s1. The van der Waals surface area contributed by atoms with Crippen LogP contribution in [0.3, 0.4) is 0 Å². The Bertz CT molecular complexity index is 152. The van der Waals surface area contributed by atoms with E-state index in [9.17, 15) is 4.79 Å². The van der Waals surface area contributed by atoms with Crippen molar-refractivity contribution in [1.82, 2.24) is 5.32 Å². The van der Waals surface area contributed by atoms with Gasteiger partial charge in [-0.25, -0.2) is 0 Å². The molecule has 1 aliphatic rings. The summed E-state index contributed by atoms with van der Waals surface area (Å²) in [6.07, 6.45) is 2.72. The second-order valence-electron chi connectivity index (χ2n) is 2.13. The molecular formula is C6H8INO. The molecule has 0 aliphatic carbocycles. The Morgan fingerprint density at radius 2 is 2.56 bits per heavy atom. The van der Waals surface area contributed by atoms with E-state index in [1.807, 2.05) is 6.92 Å². The van der Waals surface area contributed by atoms with E-state index >= 15 is 0 Å². The summed E-state index contributed by atoms with van der Waals surface area (Å²) in [6.45, 7) is 2.02. The Labute approximate surface area is 67.8 Å². The number of rotatable bonds is 1. The summed E-state index contributed by atoms with van der Waals surface area (Å²) in [4.78, 5) is 10.3. The number of allylic oxidation sites excluding steroid dienone is 1. The summed E-state index contributed by atoms with van der Waals surface area (Å²) in [5, 5.41) is 2.75. The van der Waals surface area contributed by atoms with Crippen molar-refractivity contribution in [2.75, 3.05) is 0 Å². The molecule has 0 spiro atoms. The Balaban J connectivity index is 2.33. The second-order valence-corrected chi connectivity index (χ2v) is 3.83. The van der Waals surface area contributed by atoms with Crippen molar-refractivity contribution in [2.24, 2.45) is 0 Å². The fourth-order valence-electron chi connectivity index (χ4n) is 0.763. The van der Waals surface area contributed by atoms with Gasteiger partial charge >= 0.3 is 0 Å².